The normalized spacial score (nSPS) is 20.0. The predicted molar refractivity (Wildman–Crippen MR) is 27.2 cm³/mol. The summed E-state index contributed by atoms with van der Waals surface area (Å²) in [6, 6.07) is 0. The third-order valence-corrected chi connectivity index (χ3v) is 2.62. The Kier molecular flexibility index (Phi) is 2.32. The molecule has 1 fully saturated rings. The van der Waals surface area contributed by atoms with E-state index in [9.17, 15) is 9.59 Å². The molecule has 1 aliphatic heterocycles. The minimum absolute atomic E-state index is 0.180. The van der Waals surface area contributed by atoms with Crippen molar-refractivity contribution in [1.82, 2.24) is 0 Å². The first-order chi connectivity index (χ1) is 4.29. The second-order valence-corrected chi connectivity index (χ2v) is 3.17. The van der Waals surface area contributed by atoms with Crippen molar-refractivity contribution in [3.05, 3.63) is 0 Å². The monoisotopic (exact) mass is 236 g/mol. The number of hydrogen-bond acceptors (Lipinski definition) is 4. The first-order valence-electron chi connectivity index (χ1n) is 2.43. The second kappa shape index (κ2) is 3.05. The molecule has 0 atom stereocenters. The summed E-state index contributed by atoms with van der Waals surface area (Å²) in [5, 5.41) is 0. The molecular formula is C4H4O4Sn. The molecule has 0 unspecified atom stereocenters. The van der Waals surface area contributed by atoms with Crippen LogP contribution < -0.4 is 0 Å². The van der Waals surface area contributed by atoms with Gasteiger partial charge in [-0.05, 0) is 0 Å². The Labute approximate surface area is 62.8 Å². The molecule has 1 saturated heterocycles. The molecule has 48 valence electrons. The van der Waals surface area contributed by atoms with Crippen molar-refractivity contribution in [2.45, 2.75) is 12.8 Å². The summed E-state index contributed by atoms with van der Waals surface area (Å²) in [4.78, 5) is 20.8. The zero-order chi connectivity index (χ0) is 6.69. The van der Waals surface area contributed by atoms with Crippen LogP contribution in [0.2, 0.25) is 0 Å². The van der Waals surface area contributed by atoms with E-state index in [-0.39, 0.29) is 24.8 Å². The van der Waals surface area contributed by atoms with Crippen molar-refractivity contribution in [1.29, 1.82) is 0 Å². The maximum absolute atomic E-state index is 10.4. The molecule has 0 amide bonds. The first-order valence-corrected chi connectivity index (χ1v) is 4.76. The van der Waals surface area contributed by atoms with Crippen molar-refractivity contribution in [3.63, 3.8) is 0 Å². The fourth-order valence-corrected chi connectivity index (χ4v) is 1.65. The summed E-state index contributed by atoms with van der Waals surface area (Å²) in [6.07, 6.45) is 0.360. The minimum atomic E-state index is -1.57. The van der Waals surface area contributed by atoms with E-state index in [2.05, 4.69) is 6.15 Å². The summed E-state index contributed by atoms with van der Waals surface area (Å²) in [5.74, 6) is -0.597. The van der Waals surface area contributed by atoms with Gasteiger partial charge < -0.3 is 0 Å². The Morgan fingerprint density at radius 1 is 1.11 bits per heavy atom. The van der Waals surface area contributed by atoms with Gasteiger partial charge in [-0.1, -0.05) is 0 Å². The van der Waals surface area contributed by atoms with Gasteiger partial charge in [0.15, 0.2) is 0 Å². The predicted octanol–water partition coefficient (Wildman–Crippen LogP) is -0.599. The molecule has 1 aliphatic rings. The van der Waals surface area contributed by atoms with E-state index in [1.54, 1.807) is 0 Å². The van der Waals surface area contributed by atoms with Crippen LogP contribution in [0.4, 0.5) is 0 Å². The van der Waals surface area contributed by atoms with Gasteiger partial charge in [0, 0.05) is 0 Å². The molecule has 0 aromatic rings. The van der Waals surface area contributed by atoms with Gasteiger partial charge in [-0.15, -0.1) is 0 Å². The molecule has 0 bridgehead atoms. The Hall–Kier alpha value is -0.261. The summed E-state index contributed by atoms with van der Waals surface area (Å²) in [7, 11) is 0. The van der Waals surface area contributed by atoms with E-state index in [0.717, 1.165) is 0 Å². The molecule has 0 aromatic heterocycles. The number of carbonyl (C=O) groups excluding carboxylic acids is 2. The van der Waals surface area contributed by atoms with Crippen LogP contribution >= 0.6 is 0 Å². The zero-order valence-electron chi connectivity index (χ0n) is 4.55. The summed E-state index contributed by atoms with van der Waals surface area (Å²) >= 11 is -1.57. The van der Waals surface area contributed by atoms with Gasteiger partial charge >= 0.3 is 62.5 Å². The summed E-state index contributed by atoms with van der Waals surface area (Å²) in [5.41, 5.74) is 0. The van der Waals surface area contributed by atoms with Gasteiger partial charge in [0.1, 0.15) is 0 Å². The van der Waals surface area contributed by atoms with E-state index in [1.165, 1.54) is 0 Å². The Balaban J connectivity index is 2.43. The van der Waals surface area contributed by atoms with Crippen molar-refractivity contribution in [2.75, 3.05) is 0 Å². The van der Waals surface area contributed by atoms with Crippen LogP contribution in [0.3, 0.4) is 0 Å². The van der Waals surface area contributed by atoms with Gasteiger partial charge in [-0.3, -0.25) is 0 Å². The van der Waals surface area contributed by atoms with E-state index in [0.29, 0.717) is 0 Å². The molecule has 1 heterocycles. The molecule has 5 heteroatoms. The first kappa shape index (κ1) is 6.85. The van der Waals surface area contributed by atoms with Crippen molar-refractivity contribution >= 4 is 33.9 Å². The topological polar surface area (TPSA) is 52.6 Å². The fraction of sp³-hybridized carbons (Fsp3) is 0.500. The zero-order valence-corrected chi connectivity index (χ0v) is 7.40. The van der Waals surface area contributed by atoms with Crippen LogP contribution in [0.15, 0.2) is 0 Å². The Morgan fingerprint density at radius 2 is 1.56 bits per heavy atom. The van der Waals surface area contributed by atoms with Crippen LogP contribution in [0.25, 0.3) is 0 Å². The van der Waals surface area contributed by atoms with Crippen molar-refractivity contribution in [3.8, 4) is 0 Å². The van der Waals surface area contributed by atoms with Crippen molar-refractivity contribution in [2.24, 2.45) is 0 Å². The molecule has 9 heavy (non-hydrogen) atoms. The quantitative estimate of drug-likeness (QED) is 0.526. The fourth-order valence-electron chi connectivity index (χ4n) is 0.420. The number of rotatable bonds is 0. The van der Waals surface area contributed by atoms with Crippen LogP contribution in [0, 0.1) is 0 Å². The molecule has 0 saturated carbocycles. The van der Waals surface area contributed by atoms with Crippen molar-refractivity contribution < 1.29 is 15.7 Å². The molecule has 0 N–H and O–H groups in total. The molecular weight excluding hydrogens is 231 g/mol. The SMILES string of the molecule is O=C1CCC(=O)[O][Sn][O]1. The van der Waals surface area contributed by atoms with Gasteiger partial charge in [-0.25, -0.2) is 0 Å². The van der Waals surface area contributed by atoms with Gasteiger partial charge in [-0.2, -0.15) is 0 Å². The molecule has 0 aliphatic carbocycles. The molecule has 0 aromatic carbocycles. The number of carbonyl (C=O) groups is 2. The maximum atomic E-state index is 10.4. The van der Waals surface area contributed by atoms with E-state index < -0.39 is 22.0 Å². The van der Waals surface area contributed by atoms with Crippen LogP contribution in [-0.2, 0) is 15.7 Å². The van der Waals surface area contributed by atoms with E-state index in [4.69, 9.17) is 0 Å². The second-order valence-electron chi connectivity index (χ2n) is 1.53. The van der Waals surface area contributed by atoms with E-state index in [1.807, 2.05) is 0 Å². The molecule has 1 rings (SSSR count). The third kappa shape index (κ3) is 2.21. The molecule has 4 nitrogen and oxygen atoms in total. The average molecular weight is 235 g/mol. The Morgan fingerprint density at radius 3 is 2.00 bits per heavy atom. The van der Waals surface area contributed by atoms with E-state index >= 15 is 0 Å². The van der Waals surface area contributed by atoms with Crippen LogP contribution in [-0.4, -0.2) is 33.9 Å². The summed E-state index contributed by atoms with van der Waals surface area (Å²) in [6.45, 7) is 0. The average Bonchev–Trinajstić information content (AvgIpc) is 1.97. The van der Waals surface area contributed by atoms with Gasteiger partial charge in [0.05, 0.1) is 0 Å². The summed E-state index contributed by atoms with van der Waals surface area (Å²) < 4.78 is 9.12. The third-order valence-electron chi connectivity index (χ3n) is 0.844. The molecule has 2 radical (unpaired) electrons. The van der Waals surface area contributed by atoms with Gasteiger partial charge in [0.2, 0.25) is 0 Å². The van der Waals surface area contributed by atoms with Crippen LogP contribution in [0.1, 0.15) is 12.8 Å². The van der Waals surface area contributed by atoms with Crippen LogP contribution in [0.5, 0.6) is 0 Å². The van der Waals surface area contributed by atoms with Gasteiger partial charge in [0.25, 0.3) is 0 Å². The Bertz CT molecular complexity index is 128. The standard InChI is InChI=1S/C4H6O4.Sn/c5-3(6)1-2-4(7)8;/h1-2H2,(H,5,6)(H,7,8);/q;+2/p-2. The molecule has 0 spiro atoms. The number of hydrogen-bond donors (Lipinski definition) is 0.